The van der Waals surface area contributed by atoms with Crippen molar-refractivity contribution in [3.05, 3.63) is 34.2 Å². The lowest BCUT2D eigenvalue weighted by Gasteiger charge is -2.30. The topological polar surface area (TPSA) is 58.6 Å². The van der Waals surface area contributed by atoms with Gasteiger partial charge in [0.05, 0.1) is 5.02 Å². The lowest BCUT2D eigenvalue weighted by atomic mass is 9.99. The van der Waals surface area contributed by atoms with Gasteiger partial charge in [-0.05, 0) is 24.8 Å². The molecule has 0 saturated carbocycles. The number of methoxy groups -OCH3 is 1. The fraction of sp³-hybridized carbons (Fsp3) is 0.500. The maximum atomic E-state index is 12.5. The molecule has 1 aromatic heterocycles. The molecule has 0 spiro atoms. The number of nitrogens with zero attached hydrogens (tertiary/aromatic N) is 1. The Morgan fingerprint density at radius 3 is 2.71 bits per heavy atom. The van der Waals surface area contributed by atoms with Crippen LogP contribution in [0.5, 0.6) is 0 Å². The normalized spacial score (nSPS) is 17.6. The van der Waals surface area contributed by atoms with Crippen LogP contribution in [0.1, 0.15) is 17.7 Å². The number of nitrogens with one attached hydrogen (secondary N) is 1. The highest BCUT2D eigenvalue weighted by atomic mass is 35.5. The summed E-state index contributed by atoms with van der Waals surface area (Å²) in [6, 6.07) is 7.82. The summed E-state index contributed by atoms with van der Waals surface area (Å²) in [4.78, 5) is 0.843. The van der Waals surface area contributed by atoms with Crippen LogP contribution in [0, 0.1) is 5.92 Å². The number of thiophene rings is 1. The average Bonchev–Trinajstić information content (AvgIpc) is 2.91. The van der Waals surface area contributed by atoms with Crippen LogP contribution in [0.25, 0.3) is 10.1 Å². The monoisotopic (exact) mass is 388 g/mol. The molecule has 1 aliphatic heterocycles. The van der Waals surface area contributed by atoms with E-state index in [1.54, 1.807) is 7.11 Å². The van der Waals surface area contributed by atoms with E-state index in [0.29, 0.717) is 30.6 Å². The van der Waals surface area contributed by atoms with E-state index in [0.717, 1.165) is 27.8 Å². The van der Waals surface area contributed by atoms with Gasteiger partial charge in [0.1, 0.15) is 0 Å². The Morgan fingerprint density at radius 2 is 2.04 bits per heavy atom. The van der Waals surface area contributed by atoms with Gasteiger partial charge in [0.25, 0.3) is 10.2 Å². The van der Waals surface area contributed by atoms with E-state index in [1.165, 1.54) is 15.6 Å². The molecule has 24 heavy (non-hydrogen) atoms. The molecule has 3 rings (SSSR count). The first-order chi connectivity index (χ1) is 11.5. The number of benzene rings is 1. The minimum atomic E-state index is -3.48. The second-order valence-electron chi connectivity index (χ2n) is 5.96. The molecular weight excluding hydrogens is 368 g/mol. The summed E-state index contributed by atoms with van der Waals surface area (Å²) in [5.74, 6) is 0.443. The minimum Gasteiger partial charge on any atom is -0.384 e. The van der Waals surface area contributed by atoms with Crippen LogP contribution in [-0.2, 0) is 21.5 Å². The molecule has 0 amide bonds. The van der Waals surface area contributed by atoms with Gasteiger partial charge < -0.3 is 4.74 Å². The predicted molar refractivity (Wildman–Crippen MR) is 98.8 cm³/mol. The Balaban J connectivity index is 1.63. The predicted octanol–water partition coefficient (Wildman–Crippen LogP) is 3.25. The van der Waals surface area contributed by atoms with E-state index < -0.39 is 10.2 Å². The first kappa shape index (κ1) is 18.1. The molecule has 2 heterocycles. The molecule has 1 aliphatic rings. The number of halogens is 1. The quantitative estimate of drug-likeness (QED) is 0.826. The molecule has 1 fully saturated rings. The summed E-state index contributed by atoms with van der Waals surface area (Å²) >= 11 is 7.90. The van der Waals surface area contributed by atoms with Gasteiger partial charge in [0, 0.05) is 48.3 Å². The molecule has 0 bridgehead atoms. The van der Waals surface area contributed by atoms with E-state index in [4.69, 9.17) is 16.3 Å². The molecule has 5 nitrogen and oxygen atoms in total. The van der Waals surface area contributed by atoms with E-state index in [-0.39, 0.29) is 6.54 Å². The zero-order valence-corrected chi connectivity index (χ0v) is 15.9. The Bertz CT molecular complexity index is 799. The van der Waals surface area contributed by atoms with E-state index in [2.05, 4.69) is 4.72 Å². The Hall–Kier alpha value is -0.700. The van der Waals surface area contributed by atoms with Gasteiger partial charge in [-0.3, -0.25) is 0 Å². The van der Waals surface area contributed by atoms with Crippen LogP contribution in [0.15, 0.2) is 24.3 Å². The van der Waals surface area contributed by atoms with Crippen LogP contribution < -0.4 is 4.72 Å². The highest BCUT2D eigenvalue weighted by molar-refractivity contribution is 7.87. The van der Waals surface area contributed by atoms with E-state index >= 15 is 0 Å². The van der Waals surface area contributed by atoms with Crippen molar-refractivity contribution in [2.75, 3.05) is 26.8 Å². The summed E-state index contributed by atoms with van der Waals surface area (Å²) in [6.45, 7) is 1.98. The second-order valence-corrected chi connectivity index (χ2v) is 9.23. The van der Waals surface area contributed by atoms with Crippen molar-refractivity contribution in [2.45, 2.75) is 19.4 Å². The molecule has 0 atom stereocenters. The summed E-state index contributed by atoms with van der Waals surface area (Å²) in [7, 11) is -1.80. The number of ether oxygens (including phenoxy) is 1. The number of hydrogen-bond acceptors (Lipinski definition) is 4. The highest BCUT2D eigenvalue weighted by Gasteiger charge is 2.28. The lowest BCUT2D eigenvalue weighted by molar-refractivity contribution is 0.121. The number of hydrogen-bond donors (Lipinski definition) is 1. The molecule has 1 N–H and O–H groups in total. The molecule has 0 aliphatic carbocycles. The van der Waals surface area contributed by atoms with Crippen molar-refractivity contribution in [3.8, 4) is 0 Å². The smallest absolute Gasteiger partial charge is 0.279 e. The van der Waals surface area contributed by atoms with Gasteiger partial charge >= 0.3 is 0 Å². The highest BCUT2D eigenvalue weighted by Crippen LogP contribution is 2.35. The summed E-state index contributed by atoms with van der Waals surface area (Å²) in [6.07, 6.45) is 1.66. The Kier molecular flexibility index (Phi) is 5.79. The second kappa shape index (κ2) is 7.68. The third kappa shape index (κ3) is 3.92. The van der Waals surface area contributed by atoms with E-state index in [1.807, 2.05) is 24.3 Å². The molecule has 0 unspecified atom stereocenters. The summed E-state index contributed by atoms with van der Waals surface area (Å²) in [5, 5.41) is 1.61. The van der Waals surface area contributed by atoms with Crippen molar-refractivity contribution in [1.29, 1.82) is 0 Å². The van der Waals surface area contributed by atoms with Gasteiger partial charge in [-0.1, -0.05) is 29.8 Å². The molecule has 132 valence electrons. The van der Waals surface area contributed by atoms with Crippen molar-refractivity contribution >= 4 is 43.2 Å². The minimum absolute atomic E-state index is 0.221. The average molecular weight is 389 g/mol. The van der Waals surface area contributed by atoms with E-state index in [9.17, 15) is 8.42 Å². The largest absolute Gasteiger partial charge is 0.384 e. The Labute approximate surface area is 151 Å². The molecule has 1 saturated heterocycles. The van der Waals surface area contributed by atoms with Gasteiger partial charge in [-0.2, -0.15) is 17.4 Å². The maximum absolute atomic E-state index is 12.5. The lowest BCUT2D eigenvalue weighted by Crippen LogP contribution is -2.45. The van der Waals surface area contributed by atoms with Gasteiger partial charge in [-0.25, -0.2) is 0 Å². The van der Waals surface area contributed by atoms with Crippen LogP contribution >= 0.6 is 22.9 Å². The fourth-order valence-electron chi connectivity index (χ4n) is 2.98. The molecule has 1 aromatic carbocycles. The number of rotatable bonds is 6. The SMILES string of the molecule is COCC1CCN(S(=O)(=O)NCc2sc3ccccc3c2Cl)CC1. The zero-order valence-electron chi connectivity index (χ0n) is 13.5. The maximum Gasteiger partial charge on any atom is 0.279 e. The summed E-state index contributed by atoms with van der Waals surface area (Å²) in [5.41, 5.74) is 0. The molecule has 8 heteroatoms. The van der Waals surface area contributed by atoms with Gasteiger partial charge in [0.2, 0.25) is 0 Å². The van der Waals surface area contributed by atoms with Crippen molar-refractivity contribution in [1.82, 2.24) is 9.03 Å². The zero-order chi connectivity index (χ0) is 17.2. The van der Waals surface area contributed by atoms with Crippen molar-refractivity contribution in [2.24, 2.45) is 5.92 Å². The first-order valence-corrected chi connectivity index (χ1v) is 10.5. The fourth-order valence-corrected chi connectivity index (χ4v) is 5.71. The van der Waals surface area contributed by atoms with Crippen LogP contribution in [0.3, 0.4) is 0 Å². The molecule has 0 radical (unpaired) electrons. The van der Waals surface area contributed by atoms with Crippen molar-refractivity contribution in [3.63, 3.8) is 0 Å². The van der Waals surface area contributed by atoms with Crippen molar-refractivity contribution < 1.29 is 13.2 Å². The van der Waals surface area contributed by atoms with Gasteiger partial charge in [-0.15, -0.1) is 11.3 Å². The van der Waals surface area contributed by atoms with Crippen LogP contribution in [0.4, 0.5) is 0 Å². The molecular formula is C16H21ClN2O3S2. The number of fused-ring (bicyclic) bond motifs is 1. The standard InChI is InChI=1S/C16H21ClN2O3S2/c1-22-11-12-6-8-19(9-7-12)24(20,21)18-10-15-16(17)13-4-2-3-5-14(13)23-15/h2-5,12,18H,6-11H2,1H3. The first-order valence-electron chi connectivity index (χ1n) is 7.91. The number of piperidine rings is 1. The molecule has 2 aromatic rings. The third-order valence-corrected chi connectivity index (χ3v) is 7.60. The van der Waals surface area contributed by atoms with Crippen LogP contribution in [-0.4, -0.2) is 39.5 Å². The van der Waals surface area contributed by atoms with Crippen LogP contribution in [0.2, 0.25) is 5.02 Å². The third-order valence-electron chi connectivity index (χ3n) is 4.33. The Morgan fingerprint density at radius 1 is 1.33 bits per heavy atom. The van der Waals surface area contributed by atoms with Gasteiger partial charge in [0.15, 0.2) is 0 Å². The summed E-state index contributed by atoms with van der Waals surface area (Å²) < 4.78 is 35.4.